The number of ether oxygens (including phenoxy) is 8. The summed E-state index contributed by atoms with van der Waals surface area (Å²) in [5, 5.41) is 0. The van der Waals surface area contributed by atoms with Gasteiger partial charge in [0.05, 0.1) is 12.6 Å². The first-order valence-corrected chi connectivity index (χ1v) is 16.5. The molecule has 2 fully saturated rings. The summed E-state index contributed by atoms with van der Waals surface area (Å²) in [5.41, 5.74) is 1.55. The average Bonchev–Trinajstić information content (AvgIpc) is 3.52. The monoisotopic (exact) mass is 713 g/mol. The highest BCUT2D eigenvalue weighted by Crippen LogP contribution is 2.31. The maximum Gasteiger partial charge on any atom is 0.410 e. The molecule has 2 aliphatic heterocycles. The number of nitrogens with zero attached hydrogens (tertiary/aromatic N) is 1. The van der Waals surface area contributed by atoms with Gasteiger partial charge in [-0.25, -0.2) is 9.59 Å². The van der Waals surface area contributed by atoms with Crippen LogP contribution in [-0.2, 0) is 75.1 Å². The Morgan fingerprint density at radius 3 is 1.75 bits per heavy atom. The van der Waals surface area contributed by atoms with Crippen molar-refractivity contribution in [3.8, 4) is 0 Å². The van der Waals surface area contributed by atoms with Crippen molar-refractivity contribution in [3.63, 3.8) is 0 Å². The summed E-state index contributed by atoms with van der Waals surface area (Å²) in [6, 6.07) is 17.2. The second-order valence-electron chi connectivity index (χ2n) is 12.1. The van der Waals surface area contributed by atoms with Gasteiger partial charge in [-0.15, -0.1) is 0 Å². The van der Waals surface area contributed by atoms with E-state index in [1.54, 1.807) is 0 Å². The van der Waals surface area contributed by atoms with Gasteiger partial charge in [-0.1, -0.05) is 60.7 Å². The molecule has 7 atom stereocenters. The van der Waals surface area contributed by atoms with E-state index in [0.29, 0.717) is 0 Å². The van der Waals surface area contributed by atoms with Gasteiger partial charge >= 0.3 is 35.9 Å². The zero-order chi connectivity index (χ0) is 36.9. The van der Waals surface area contributed by atoms with E-state index in [-0.39, 0.29) is 45.8 Å². The molecule has 0 radical (unpaired) electrons. The average molecular weight is 714 g/mol. The molecule has 2 heterocycles. The number of carbonyl (C=O) groups is 6. The summed E-state index contributed by atoms with van der Waals surface area (Å²) in [7, 11) is 0. The molecule has 0 N–H and O–H groups in total. The molecule has 0 aliphatic carbocycles. The van der Waals surface area contributed by atoms with Crippen LogP contribution in [0, 0.1) is 0 Å². The van der Waals surface area contributed by atoms with Gasteiger partial charge in [-0.3, -0.25) is 24.1 Å². The summed E-state index contributed by atoms with van der Waals surface area (Å²) in [6.45, 7) is 4.26. The van der Waals surface area contributed by atoms with Gasteiger partial charge in [0.15, 0.2) is 18.3 Å². The SMILES string of the molecule is CC(=O)OCC1OC(CCO[C@@H]2C[C@@H](C(=O)OCc3ccccc3)N(C(=O)OCc3ccccc3)C2)C(OC(C)=O)C(OC(C)=O)C1OC(C)=O. The fourth-order valence-electron chi connectivity index (χ4n) is 5.87. The Morgan fingerprint density at radius 1 is 0.667 bits per heavy atom. The van der Waals surface area contributed by atoms with Gasteiger partial charge in [0.1, 0.15) is 38.1 Å². The van der Waals surface area contributed by atoms with Crippen LogP contribution in [0.25, 0.3) is 0 Å². The minimum absolute atomic E-state index is 0.00359. The van der Waals surface area contributed by atoms with Crippen LogP contribution < -0.4 is 0 Å². The number of hydrogen-bond donors (Lipinski definition) is 0. The van der Waals surface area contributed by atoms with Gasteiger partial charge in [0, 0.05) is 47.1 Å². The van der Waals surface area contributed by atoms with Crippen molar-refractivity contribution in [1.82, 2.24) is 4.90 Å². The van der Waals surface area contributed by atoms with Crippen LogP contribution in [0.5, 0.6) is 0 Å². The molecular formula is C36H43NO14. The minimum Gasteiger partial charge on any atom is -0.463 e. The Hall–Kier alpha value is -5.02. The van der Waals surface area contributed by atoms with Crippen molar-refractivity contribution in [2.75, 3.05) is 19.8 Å². The van der Waals surface area contributed by atoms with E-state index in [4.69, 9.17) is 37.9 Å². The quantitative estimate of drug-likeness (QED) is 0.206. The van der Waals surface area contributed by atoms with Gasteiger partial charge in [-0.2, -0.15) is 0 Å². The lowest BCUT2D eigenvalue weighted by Gasteiger charge is -2.44. The van der Waals surface area contributed by atoms with E-state index >= 15 is 0 Å². The summed E-state index contributed by atoms with van der Waals surface area (Å²) in [5.74, 6) is -3.45. The van der Waals surface area contributed by atoms with E-state index in [2.05, 4.69) is 0 Å². The lowest BCUT2D eigenvalue weighted by Crippen LogP contribution is -2.62. The largest absolute Gasteiger partial charge is 0.463 e. The molecule has 15 heteroatoms. The van der Waals surface area contributed by atoms with E-state index in [9.17, 15) is 28.8 Å². The lowest BCUT2D eigenvalue weighted by molar-refractivity contribution is -0.254. The Bertz CT molecular complexity index is 1440. The van der Waals surface area contributed by atoms with Crippen molar-refractivity contribution >= 4 is 35.9 Å². The molecule has 1 amide bonds. The summed E-state index contributed by atoms with van der Waals surface area (Å²) >= 11 is 0. The van der Waals surface area contributed by atoms with Crippen LogP contribution in [-0.4, -0.2) is 103 Å². The van der Waals surface area contributed by atoms with Crippen LogP contribution >= 0.6 is 0 Å². The molecule has 2 aromatic rings. The normalized spacial score (nSPS) is 24.2. The van der Waals surface area contributed by atoms with Crippen LogP contribution in [0.3, 0.4) is 0 Å². The third kappa shape index (κ3) is 11.8. The zero-order valence-corrected chi connectivity index (χ0v) is 28.9. The molecule has 15 nitrogen and oxygen atoms in total. The predicted molar refractivity (Wildman–Crippen MR) is 174 cm³/mol. The van der Waals surface area contributed by atoms with Gasteiger partial charge in [0.25, 0.3) is 0 Å². The van der Waals surface area contributed by atoms with E-state index in [0.717, 1.165) is 31.9 Å². The van der Waals surface area contributed by atoms with E-state index in [1.807, 2.05) is 60.7 Å². The standard InChI is InChI=1S/C36H43NO14/c1-22(38)45-21-31-33(49-24(3)40)34(50-25(4)41)32(48-23(2)39)30(51-31)15-16-44-28-17-29(35(42)46-19-26-11-7-5-8-12-26)37(18-28)36(43)47-20-27-13-9-6-10-14-27/h5-14,28-34H,15-21H2,1-4H3/t28-,29+,30?,31?,32?,33?,34?/m1/s1. The third-order valence-electron chi connectivity index (χ3n) is 8.04. The van der Waals surface area contributed by atoms with Gasteiger partial charge in [-0.05, 0) is 11.1 Å². The lowest BCUT2D eigenvalue weighted by atomic mass is 9.92. The summed E-state index contributed by atoms with van der Waals surface area (Å²) in [4.78, 5) is 75.8. The number of benzene rings is 2. The van der Waals surface area contributed by atoms with Gasteiger partial charge in [0.2, 0.25) is 0 Å². The second kappa shape index (κ2) is 18.8. The van der Waals surface area contributed by atoms with Crippen molar-refractivity contribution in [3.05, 3.63) is 71.8 Å². The highest BCUT2D eigenvalue weighted by molar-refractivity contribution is 5.82. The number of carbonyl (C=O) groups excluding carboxylic acids is 6. The second-order valence-corrected chi connectivity index (χ2v) is 12.1. The molecule has 0 bridgehead atoms. The van der Waals surface area contributed by atoms with Gasteiger partial charge < -0.3 is 37.9 Å². The number of rotatable bonds is 14. The summed E-state index contributed by atoms with van der Waals surface area (Å²) in [6.07, 6.45) is -7.08. The smallest absolute Gasteiger partial charge is 0.410 e. The van der Waals surface area contributed by atoms with Crippen molar-refractivity contribution in [2.45, 2.75) is 96.4 Å². The fraction of sp³-hybridized carbons (Fsp3) is 0.500. The molecule has 2 saturated heterocycles. The van der Waals surface area contributed by atoms with Crippen LogP contribution in [0.15, 0.2) is 60.7 Å². The maximum absolute atomic E-state index is 13.3. The first-order valence-electron chi connectivity index (χ1n) is 16.5. The number of likely N-dealkylation sites (tertiary alicyclic amines) is 1. The molecule has 51 heavy (non-hydrogen) atoms. The Balaban J connectivity index is 1.47. The molecule has 2 aromatic carbocycles. The molecule has 276 valence electrons. The van der Waals surface area contributed by atoms with Crippen LogP contribution in [0.4, 0.5) is 4.79 Å². The number of hydrogen-bond acceptors (Lipinski definition) is 14. The zero-order valence-electron chi connectivity index (χ0n) is 28.9. The topological polar surface area (TPSA) is 179 Å². The van der Waals surface area contributed by atoms with E-state index in [1.165, 1.54) is 11.8 Å². The van der Waals surface area contributed by atoms with Crippen molar-refractivity contribution in [1.29, 1.82) is 0 Å². The minimum atomic E-state index is -1.31. The highest BCUT2D eigenvalue weighted by atomic mass is 16.7. The van der Waals surface area contributed by atoms with Crippen molar-refractivity contribution in [2.24, 2.45) is 0 Å². The van der Waals surface area contributed by atoms with Crippen LogP contribution in [0.1, 0.15) is 51.7 Å². The number of esters is 5. The highest BCUT2D eigenvalue weighted by Gasteiger charge is 2.52. The molecule has 5 unspecified atom stereocenters. The Labute approximate surface area is 295 Å². The molecule has 0 saturated carbocycles. The fourth-order valence-corrected chi connectivity index (χ4v) is 5.87. The molecular weight excluding hydrogens is 670 g/mol. The third-order valence-corrected chi connectivity index (χ3v) is 8.04. The Kier molecular flexibility index (Phi) is 14.3. The van der Waals surface area contributed by atoms with Crippen molar-refractivity contribution < 1.29 is 66.7 Å². The Morgan fingerprint density at radius 2 is 1.20 bits per heavy atom. The maximum atomic E-state index is 13.3. The molecule has 4 rings (SSSR count). The summed E-state index contributed by atoms with van der Waals surface area (Å²) < 4.78 is 44.9. The van der Waals surface area contributed by atoms with E-state index < -0.39 is 78.6 Å². The predicted octanol–water partition coefficient (Wildman–Crippen LogP) is 3.04. The first-order chi connectivity index (χ1) is 24.4. The molecule has 0 aromatic heterocycles. The first kappa shape index (κ1) is 38.8. The molecule has 0 spiro atoms. The van der Waals surface area contributed by atoms with Crippen LogP contribution in [0.2, 0.25) is 0 Å². The molecule has 2 aliphatic rings. The number of amides is 1.